The van der Waals surface area contributed by atoms with Crippen LogP contribution in [0.15, 0.2) is 18.2 Å². The van der Waals surface area contributed by atoms with Crippen LogP contribution in [-0.2, 0) is 9.59 Å². The Balaban J connectivity index is 2.03. The van der Waals surface area contributed by atoms with Gasteiger partial charge in [-0.15, -0.1) is 0 Å². The Bertz CT molecular complexity index is 531. The second-order valence-corrected chi connectivity index (χ2v) is 5.80. The number of fused-ring (bicyclic) bond motifs is 1. The summed E-state index contributed by atoms with van der Waals surface area (Å²) in [5.74, 6) is -0.306. The van der Waals surface area contributed by atoms with E-state index in [0.29, 0.717) is 10.7 Å². The molecule has 3 rings (SSSR count). The second-order valence-electron chi connectivity index (χ2n) is 5.39. The molecule has 1 aromatic carbocycles. The molecular weight excluding hydrogens is 262 g/mol. The Hall–Kier alpha value is -1.35. The second kappa shape index (κ2) is 4.64. The summed E-state index contributed by atoms with van der Waals surface area (Å²) in [7, 11) is 0. The molecule has 4 heteroatoms. The zero-order valence-electron chi connectivity index (χ0n) is 10.9. The van der Waals surface area contributed by atoms with E-state index in [4.69, 9.17) is 11.6 Å². The summed E-state index contributed by atoms with van der Waals surface area (Å²) < 4.78 is 0. The monoisotopic (exact) mass is 277 g/mol. The largest absolute Gasteiger partial charge is 0.274 e. The third kappa shape index (κ3) is 1.88. The van der Waals surface area contributed by atoms with Gasteiger partial charge in [0.25, 0.3) is 0 Å². The molecule has 1 saturated heterocycles. The molecule has 100 valence electrons. The first kappa shape index (κ1) is 12.7. The molecule has 2 amide bonds. The molecule has 1 saturated carbocycles. The number of anilines is 1. The Morgan fingerprint density at radius 1 is 1.11 bits per heavy atom. The molecule has 0 bridgehead atoms. The summed E-state index contributed by atoms with van der Waals surface area (Å²) in [5.41, 5.74) is 1.45. The van der Waals surface area contributed by atoms with E-state index in [1.54, 1.807) is 18.2 Å². The van der Waals surface area contributed by atoms with E-state index in [2.05, 4.69) is 0 Å². The van der Waals surface area contributed by atoms with Crippen molar-refractivity contribution in [1.82, 2.24) is 0 Å². The normalized spacial score (nSPS) is 26.7. The van der Waals surface area contributed by atoms with Crippen LogP contribution in [0.25, 0.3) is 0 Å². The lowest BCUT2D eigenvalue weighted by molar-refractivity contribution is -0.122. The number of carbonyl (C=O) groups excluding carboxylic acids is 2. The fourth-order valence-corrected chi connectivity index (χ4v) is 3.41. The van der Waals surface area contributed by atoms with Crippen LogP contribution in [0.1, 0.15) is 31.2 Å². The van der Waals surface area contributed by atoms with E-state index in [1.165, 1.54) is 4.90 Å². The van der Waals surface area contributed by atoms with Gasteiger partial charge in [0.15, 0.2) is 0 Å². The SMILES string of the molecule is Cc1c(Cl)cccc1N1C(=O)[C@@H]2CCCC[C@H]2C1=O. The van der Waals surface area contributed by atoms with Crippen LogP contribution in [0.4, 0.5) is 5.69 Å². The lowest BCUT2D eigenvalue weighted by atomic mass is 9.81. The van der Waals surface area contributed by atoms with Crippen LogP contribution in [0.5, 0.6) is 0 Å². The molecule has 0 aromatic heterocycles. The van der Waals surface area contributed by atoms with Gasteiger partial charge in [-0.3, -0.25) is 9.59 Å². The molecule has 2 aliphatic rings. The van der Waals surface area contributed by atoms with Gasteiger partial charge < -0.3 is 0 Å². The van der Waals surface area contributed by atoms with Gasteiger partial charge in [0.1, 0.15) is 0 Å². The molecule has 19 heavy (non-hydrogen) atoms. The fourth-order valence-electron chi connectivity index (χ4n) is 3.24. The molecular formula is C15H16ClNO2. The van der Waals surface area contributed by atoms with Crippen molar-refractivity contribution in [2.24, 2.45) is 11.8 Å². The summed E-state index contributed by atoms with van der Waals surface area (Å²) in [6, 6.07) is 5.36. The Morgan fingerprint density at radius 3 is 2.26 bits per heavy atom. The maximum Gasteiger partial charge on any atom is 0.237 e. The number of hydrogen-bond donors (Lipinski definition) is 0. The molecule has 2 atom stereocenters. The number of hydrogen-bond acceptors (Lipinski definition) is 2. The maximum atomic E-state index is 12.5. The van der Waals surface area contributed by atoms with Gasteiger partial charge in [0, 0.05) is 5.02 Å². The van der Waals surface area contributed by atoms with E-state index >= 15 is 0 Å². The van der Waals surface area contributed by atoms with Gasteiger partial charge in [0.05, 0.1) is 17.5 Å². The number of amides is 2. The van der Waals surface area contributed by atoms with E-state index in [-0.39, 0.29) is 23.7 Å². The third-order valence-electron chi connectivity index (χ3n) is 4.32. The van der Waals surface area contributed by atoms with E-state index < -0.39 is 0 Å². The summed E-state index contributed by atoms with van der Waals surface area (Å²) in [6.45, 7) is 1.85. The highest BCUT2D eigenvalue weighted by Gasteiger charge is 2.49. The van der Waals surface area contributed by atoms with Crippen LogP contribution in [0.3, 0.4) is 0 Å². The molecule has 0 unspecified atom stereocenters. The van der Waals surface area contributed by atoms with Crippen molar-refractivity contribution in [3.05, 3.63) is 28.8 Å². The molecule has 1 heterocycles. The summed E-state index contributed by atoms with van der Waals surface area (Å²) in [6.07, 6.45) is 3.77. The van der Waals surface area contributed by atoms with Crippen molar-refractivity contribution in [1.29, 1.82) is 0 Å². The molecule has 0 spiro atoms. The van der Waals surface area contributed by atoms with Gasteiger partial charge in [-0.05, 0) is 37.5 Å². The van der Waals surface area contributed by atoms with E-state index in [9.17, 15) is 9.59 Å². The average molecular weight is 278 g/mol. The standard InChI is InChI=1S/C15H16ClNO2/c1-9-12(16)7-4-8-13(9)17-14(18)10-5-2-3-6-11(10)15(17)19/h4,7-8,10-11H,2-3,5-6H2,1H3/t10-,11-/m1/s1. The molecule has 3 nitrogen and oxygen atoms in total. The Labute approximate surface area is 117 Å². The highest BCUT2D eigenvalue weighted by molar-refractivity contribution is 6.32. The van der Waals surface area contributed by atoms with Gasteiger partial charge in [-0.2, -0.15) is 0 Å². The molecule has 1 aliphatic heterocycles. The highest BCUT2D eigenvalue weighted by atomic mass is 35.5. The molecule has 1 aliphatic carbocycles. The number of nitrogens with zero attached hydrogens (tertiary/aromatic N) is 1. The topological polar surface area (TPSA) is 37.4 Å². The Kier molecular flexibility index (Phi) is 3.09. The molecule has 0 radical (unpaired) electrons. The highest BCUT2D eigenvalue weighted by Crippen LogP contribution is 2.41. The number of imide groups is 1. The van der Waals surface area contributed by atoms with Crippen LogP contribution >= 0.6 is 11.6 Å². The van der Waals surface area contributed by atoms with Crippen molar-refractivity contribution in [2.75, 3.05) is 4.90 Å². The van der Waals surface area contributed by atoms with E-state index in [1.807, 2.05) is 6.92 Å². The number of carbonyl (C=O) groups is 2. The van der Waals surface area contributed by atoms with Crippen molar-refractivity contribution in [3.8, 4) is 0 Å². The Morgan fingerprint density at radius 2 is 1.68 bits per heavy atom. The van der Waals surface area contributed by atoms with Gasteiger partial charge in [-0.1, -0.05) is 30.5 Å². The van der Waals surface area contributed by atoms with Crippen molar-refractivity contribution in [2.45, 2.75) is 32.6 Å². The van der Waals surface area contributed by atoms with E-state index in [0.717, 1.165) is 31.2 Å². The van der Waals surface area contributed by atoms with Crippen LogP contribution < -0.4 is 4.90 Å². The van der Waals surface area contributed by atoms with Gasteiger partial charge in [0.2, 0.25) is 11.8 Å². The zero-order valence-corrected chi connectivity index (χ0v) is 11.6. The van der Waals surface area contributed by atoms with Crippen LogP contribution in [0, 0.1) is 18.8 Å². The third-order valence-corrected chi connectivity index (χ3v) is 4.73. The van der Waals surface area contributed by atoms with Crippen molar-refractivity contribution >= 4 is 29.1 Å². The lowest BCUT2D eigenvalue weighted by Gasteiger charge is -2.19. The smallest absolute Gasteiger partial charge is 0.237 e. The van der Waals surface area contributed by atoms with Crippen molar-refractivity contribution in [3.63, 3.8) is 0 Å². The first-order valence-electron chi connectivity index (χ1n) is 6.74. The summed E-state index contributed by atoms with van der Waals surface area (Å²) in [5, 5.41) is 0.591. The average Bonchev–Trinajstić information content (AvgIpc) is 2.67. The maximum absolute atomic E-state index is 12.5. The fraction of sp³-hybridized carbons (Fsp3) is 0.467. The van der Waals surface area contributed by atoms with Gasteiger partial charge >= 0.3 is 0 Å². The minimum atomic E-state index is -0.111. The number of benzene rings is 1. The molecule has 0 N–H and O–H groups in total. The predicted molar refractivity (Wildman–Crippen MR) is 74.1 cm³/mol. The first-order chi connectivity index (χ1) is 9.11. The minimum absolute atomic E-state index is 0.0416. The zero-order chi connectivity index (χ0) is 13.6. The predicted octanol–water partition coefficient (Wildman–Crippen LogP) is 3.33. The minimum Gasteiger partial charge on any atom is -0.274 e. The summed E-state index contributed by atoms with van der Waals surface area (Å²) in [4.78, 5) is 26.3. The quantitative estimate of drug-likeness (QED) is 0.739. The molecule has 2 fully saturated rings. The van der Waals surface area contributed by atoms with Crippen molar-refractivity contribution < 1.29 is 9.59 Å². The first-order valence-corrected chi connectivity index (χ1v) is 7.12. The van der Waals surface area contributed by atoms with Crippen LogP contribution in [0.2, 0.25) is 5.02 Å². The number of rotatable bonds is 1. The lowest BCUT2D eigenvalue weighted by Crippen LogP contribution is -2.31. The van der Waals surface area contributed by atoms with Crippen LogP contribution in [-0.4, -0.2) is 11.8 Å². The summed E-state index contributed by atoms with van der Waals surface area (Å²) >= 11 is 6.09. The molecule has 1 aromatic rings. The van der Waals surface area contributed by atoms with Gasteiger partial charge in [-0.25, -0.2) is 4.90 Å². The number of halogens is 1.